The zero-order valence-electron chi connectivity index (χ0n) is 9.63. The zero-order chi connectivity index (χ0) is 14.8. The van der Waals surface area contributed by atoms with E-state index in [0.29, 0.717) is 4.47 Å². The Bertz CT molecular complexity index is 562. The molecule has 1 rings (SSSR count). The standard InChI is InChI=1S/C10H10BrClF3NO2S/c1-2-9(10(13,14)15)16-19(17,18)6-3-4-7(11)8(12)5-6/h3-5,9,16H,2H2,1H3. The lowest BCUT2D eigenvalue weighted by molar-refractivity contribution is -0.151. The van der Waals surface area contributed by atoms with Gasteiger partial charge in [-0.25, -0.2) is 8.42 Å². The van der Waals surface area contributed by atoms with E-state index in [4.69, 9.17) is 11.6 Å². The maximum absolute atomic E-state index is 12.5. The SMILES string of the molecule is CCC(NS(=O)(=O)c1ccc(Br)c(Cl)c1)C(F)(F)F. The van der Waals surface area contributed by atoms with Crippen molar-refractivity contribution in [3.8, 4) is 0 Å². The molecule has 0 amide bonds. The van der Waals surface area contributed by atoms with Crippen molar-refractivity contribution in [3.05, 3.63) is 27.7 Å². The Hall–Kier alpha value is -0.310. The van der Waals surface area contributed by atoms with Crippen molar-refractivity contribution in [2.45, 2.75) is 30.5 Å². The summed E-state index contributed by atoms with van der Waals surface area (Å²) in [5.41, 5.74) is 0. The number of rotatable bonds is 4. The highest BCUT2D eigenvalue weighted by Gasteiger charge is 2.41. The Morgan fingerprint density at radius 3 is 2.42 bits per heavy atom. The van der Waals surface area contributed by atoms with E-state index in [-0.39, 0.29) is 9.92 Å². The summed E-state index contributed by atoms with van der Waals surface area (Å²) in [5, 5.41) is 0.0999. The number of nitrogens with one attached hydrogen (secondary N) is 1. The lowest BCUT2D eigenvalue weighted by atomic mass is 10.2. The second-order valence-corrected chi connectivity index (χ2v) is 6.68. The molecule has 0 radical (unpaired) electrons. The molecular weight excluding hydrogens is 371 g/mol. The van der Waals surface area contributed by atoms with E-state index < -0.39 is 28.7 Å². The Kier molecular flexibility index (Phi) is 5.28. The molecule has 19 heavy (non-hydrogen) atoms. The third-order valence-electron chi connectivity index (χ3n) is 2.30. The van der Waals surface area contributed by atoms with Crippen LogP contribution in [0.2, 0.25) is 5.02 Å². The van der Waals surface area contributed by atoms with Crippen molar-refractivity contribution in [2.75, 3.05) is 0 Å². The second-order valence-electron chi connectivity index (χ2n) is 3.70. The van der Waals surface area contributed by atoms with Gasteiger partial charge in [0.2, 0.25) is 10.0 Å². The summed E-state index contributed by atoms with van der Waals surface area (Å²) in [4.78, 5) is -0.316. The number of sulfonamides is 1. The van der Waals surface area contributed by atoms with Crippen LogP contribution in [0.4, 0.5) is 13.2 Å². The van der Waals surface area contributed by atoms with Crippen molar-refractivity contribution in [3.63, 3.8) is 0 Å². The van der Waals surface area contributed by atoms with Gasteiger partial charge in [-0.3, -0.25) is 0 Å². The molecule has 0 bridgehead atoms. The van der Waals surface area contributed by atoms with Crippen molar-refractivity contribution < 1.29 is 21.6 Å². The monoisotopic (exact) mass is 379 g/mol. The van der Waals surface area contributed by atoms with Gasteiger partial charge < -0.3 is 0 Å². The predicted molar refractivity (Wildman–Crippen MR) is 69.6 cm³/mol. The highest BCUT2D eigenvalue weighted by atomic mass is 79.9. The van der Waals surface area contributed by atoms with Crippen LogP contribution < -0.4 is 4.72 Å². The number of alkyl halides is 3. The molecule has 0 aliphatic carbocycles. The van der Waals surface area contributed by atoms with E-state index >= 15 is 0 Å². The topological polar surface area (TPSA) is 46.2 Å². The van der Waals surface area contributed by atoms with E-state index in [1.807, 2.05) is 0 Å². The third kappa shape index (κ3) is 4.34. The first kappa shape index (κ1) is 16.7. The van der Waals surface area contributed by atoms with Gasteiger partial charge in [-0.05, 0) is 40.5 Å². The molecule has 1 aromatic rings. The van der Waals surface area contributed by atoms with Gasteiger partial charge in [-0.15, -0.1) is 0 Å². The highest BCUT2D eigenvalue weighted by Crippen LogP contribution is 2.27. The smallest absolute Gasteiger partial charge is 0.207 e. The number of benzene rings is 1. The number of hydrogen-bond acceptors (Lipinski definition) is 2. The lowest BCUT2D eigenvalue weighted by Gasteiger charge is -2.20. The summed E-state index contributed by atoms with van der Waals surface area (Å²) in [6.07, 6.45) is -5.03. The molecular formula is C10H10BrClF3NO2S. The first-order chi connectivity index (χ1) is 8.58. The quantitative estimate of drug-likeness (QED) is 0.865. The predicted octanol–water partition coefficient (Wildman–Crippen LogP) is 3.72. The van der Waals surface area contributed by atoms with Crippen LogP contribution in [0, 0.1) is 0 Å². The molecule has 0 aliphatic heterocycles. The number of hydrogen-bond donors (Lipinski definition) is 1. The molecule has 0 fully saturated rings. The summed E-state index contributed by atoms with van der Waals surface area (Å²) in [7, 11) is -4.27. The van der Waals surface area contributed by atoms with E-state index in [1.54, 1.807) is 4.72 Å². The van der Waals surface area contributed by atoms with Crippen LogP contribution in [0.3, 0.4) is 0 Å². The Morgan fingerprint density at radius 2 is 2.00 bits per heavy atom. The van der Waals surface area contributed by atoms with Crippen molar-refractivity contribution in [1.29, 1.82) is 0 Å². The summed E-state index contributed by atoms with van der Waals surface area (Å²) in [5.74, 6) is 0. The van der Waals surface area contributed by atoms with Crippen LogP contribution in [0.5, 0.6) is 0 Å². The molecule has 1 N–H and O–H groups in total. The van der Waals surface area contributed by atoms with Crippen LogP contribution in [-0.2, 0) is 10.0 Å². The van der Waals surface area contributed by atoms with Crippen molar-refractivity contribution in [2.24, 2.45) is 0 Å². The number of halogens is 5. The average molecular weight is 381 g/mol. The maximum Gasteiger partial charge on any atom is 0.404 e. The van der Waals surface area contributed by atoms with E-state index in [1.165, 1.54) is 19.1 Å². The van der Waals surface area contributed by atoms with E-state index in [2.05, 4.69) is 15.9 Å². The van der Waals surface area contributed by atoms with Crippen LogP contribution in [0.25, 0.3) is 0 Å². The van der Waals surface area contributed by atoms with Crippen molar-refractivity contribution in [1.82, 2.24) is 4.72 Å². The highest BCUT2D eigenvalue weighted by molar-refractivity contribution is 9.10. The Morgan fingerprint density at radius 1 is 1.42 bits per heavy atom. The minimum atomic E-state index is -4.64. The second kappa shape index (κ2) is 5.99. The van der Waals surface area contributed by atoms with E-state index in [0.717, 1.165) is 6.07 Å². The normalized spacial score (nSPS) is 14.4. The molecule has 0 heterocycles. The van der Waals surface area contributed by atoms with Gasteiger partial charge >= 0.3 is 6.18 Å². The molecule has 0 spiro atoms. The fourth-order valence-corrected chi connectivity index (χ4v) is 3.10. The van der Waals surface area contributed by atoms with Gasteiger partial charge in [0.05, 0.1) is 9.92 Å². The first-order valence-corrected chi connectivity index (χ1v) is 7.77. The fraction of sp³-hybridized carbons (Fsp3) is 0.400. The van der Waals surface area contributed by atoms with Gasteiger partial charge in [0.15, 0.2) is 0 Å². The molecule has 108 valence electrons. The summed E-state index contributed by atoms with van der Waals surface area (Å²) in [6, 6.07) is 1.48. The Labute approximate surface area is 122 Å². The van der Waals surface area contributed by atoms with E-state index in [9.17, 15) is 21.6 Å². The molecule has 0 saturated heterocycles. The summed E-state index contributed by atoms with van der Waals surface area (Å²) >= 11 is 8.78. The summed E-state index contributed by atoms with van der Waals surface area (Å²) < 4.78 is 63.4. The minimum absolute atomic E-state index is 0.0999. The molecule has 0 aliphatic rings. The zero-order valence-corrected chi connectivity index (χ0v) is 12.8. The van der Waals surface area contributed by atoms with Gasteiger partial charge in [0.25, 0.3) is 0 Å². The largest absolute Gasteiger partial charge is 0.404 e. The minimum Gasteiger partial charge on any atom is -0.207 e. The van der Waals surface area contributed by atoms with Gasteiger partial charge in [0.1, 0.15) is 6.04 Å². The molecule has 0 aromatic heterocycles. The molecule has 1 unspecified atom stereocenters. The van der Waals surface area contributed by atoms with Crippen molar-refractivity contribution >= 4 is 37.6 Å². The molecule has 1 aromatic carbocycles. The third-order valence-corrected chi connectivity index (χ3v) is 5.00. The maximum atomic E-state index is 12.5. The molecule has 0 saturated carbocycles. The average Bonchev–Trinajstić information content (AvgIpc) is 2.28. The first-order valence-electron chi connectivity index (χ1n) is 5.12. The lowest BCUT2D eigenvalue weighted by Crippen LogP contribution is -2.44. The molecule has 1 atom stereocenters. The molecule has 9 heteroatoms. The van der Waals surface area contributed by atoms with Gasteiger partial charge in [-0.1, -0.05) is 18.5 Å². The fourth-order valence-electron chi connectivity index (χ4n) is 1.28. The van der Waals surface area contributed by atoms with Crippen LogP contribution in [-0.4, -0.2) is 20.6 Å². The van der Waals surface area contributed by atoms with Crippen LogP contribution >= 0.6 is 27.5 Å². The van der Waals surface area contributed by atoms with Crippen LogP contribution in [0.15, 0.2) is 27.6 Å². The van der Waals surface area contributed by atoms with Gasteiger partial charge in [-0.2, -0.15) is 17.9 Å². The Balaban J connectivity index is 3.07. The van der Waals surface area contributed by atoms with Gasteiger partial charge in [0, 0.05) is 4.47 Å². The summed E-state index contributed by atoms with van der Waals surface area (Å²) in [6.45, 7) is 1.25. The van der Waals surface area contributed by atoms with Crippen LogP contribution in [0.1, 0.15) is 13.3 Å². The molecule has 3 nitrogen and oxygen atoms in total.